The van der Waals surface area contributed by atoms with Crippen LogP contribution in [0.3, 0.4) is 0 Å². The average molecular weight is 841 g/mol. The number of rotatable bonds is 9. The van der Waals surface area contributed by atoms with Gasteiger partial charge in [-0.3, -0.25) is 0 Å². The summed E-state index contributed by atoms with van der Waals surface area (Å²) in [5, 5.41) is 5.03. The summed E-state index contributed by atoms with van der Waals surface area (Å²) in [6.45, 7) is 0. The van der Waals surface area contributed by atoms with Crippen molar-refractivity contribution in [1.29, 1.82) is 0 Å². The molecular formula is C64H44N2. The minimum atomic E-state index is 1.09. The van der Waals surface area contributed by atoms with Crippen LogP contribution in [0.15, 0.2) is 267 Å². The minimum absolute atomic E-state index is 1.09. The van der Waals surface area contributed by atoms with Gasteiger partial charge in [0, 0.05) is 33.5 Å². The van der Waals surface area contributed by atoms with Crippen molar-refractivity contribution in [2.24, 2.45) is 0 Å². The van der Waals surface area contributed by atoms with Gasteiger partial charge >= 0.3 is 0 Å². The molecule has 12 aromatic rings. The topological polar surface area (TPSA) is 8.17 Å². The molecule has 66 heavy (non-hydrogen) atoms. The molecule has 0 saturated heterocycles. The van der Waals surface area contributed by atoms with Gasteiger partial charge in [-0.25, -0.2) is 0 Å². The van der Waals surface area contributed by atoms with Crippen molar-refractivity contribution < 1.29 is 0 Å². The molecule has 0 atom stereocenters. The molecule has 0 bridgehead atoms. The molecule has 0 unspecified atom stereocenters. The Morgan fingerprint density at radius 1 is 0.258 bits per heavy atom. The molecule has 0 fully saturated rings. The number of fused-ring (bicyclic) bond motifs is 4. The second kappa shape index (κ2) is 16.8. The van der Waals surface area contributed by atoms with E-state index in [9.17, 15) is 0 Å². The van der Waals surface area contributed by atoms with E-state index in [1.54, 1.807) is 0 Å². The SMILES string of the molecule is c1ccc(-c2cccc(-c3ccc(N(c4ccc(-c5ccc(-n6c7ccccc7c7ccccc76)cc5)cc4)c4ccc(-c5cccc6cccc(-c7ccccc7)c56)cc4)cc3)c2)cc1. The Balaban J connectivity index is 0.905. The maximum atomic E-state index is 2.37. The molecule has 0 radical (unpaired) electrons. The molecule has 1 aromatic heterocycles. The molecule has 0 aliphatic heterocycles. The maximum Gasteiger partial charge on any atom is 0.0541 e. The van der Waals surface area contributed by atoms with Crippen LogP contribution in [-0.2, 0) is 0 Å². The fourth-order valence-corrected chi connectivity index (χ4v) is 9.80. The van der Waals surface area contributed by atoms with Gasteiger partial charge in [-0.15, -0.1) is 0 Å². The number of aromatic nitrogens is 1. The van der Waals surface area contributed by atoms with Gasteiger partial charge in [0.05, 0.1) is 11.0 Å². The molecule has 11 aromatic carbocycles. The minimum Gasteiger partial charge on any atom is -0.311 e. The molecule has 1 heterocycles. The van der Waals surface area contributed by atoms with E-state index in [1.807, 2.05) is 0 Å². The highest BCUT2D eigenvalue weighted by atomic mass is 15.1. The lowest BCUT2D eigenvalue weighted by atomic mass is 9.91. The normalized spacial score (nSPS) is 11.3. The summed E-state index contributed by atoms with van der Waals surface area (Å²) < 4.78 is 2.37. The van der Waals surface area contributed by atoms with Crippen LogP contribution in [0.25, 0.3) is 93.9 Å². The standard InChI is InChI=1S/C64H44N2/c1-3-14-45(15-4-1)52-20-11-21-53(44-52)48-32-38-55(39-33-48)65(56-42-34-50(35-43-56)59-25-13-19-51-18-12-24-58(64(51)59)49-16-5-2-6-17-49)54-36-28-46(29-37-54)47-30-40-57(41-31-47)66-62-26-9-7-22-60(62)61-23-8-10-27-63(61)66/h1-44H. The second-order valence-corrected chi connectivity index (χ2v) is 16.9. The summed E-state index contributed by atoms with van der Waals surface area (Å²) in [5.41, 5.74) is 18.8. The first-order valence-electron chi connectivity index (χ1n) is 22.7. The Bertz CT molecular complexity index is 3590. The van der Waals surface area contributed by atoms with Crippen LogP contribution in [-0.4, -0.2) is 4.57 Å². The fourth-order valence-electron chi connectivity index (χ4n) is 9.80. The number of anilines is 3. The molecule has 310 valence electrons. The van der Waals surface area contributed by atoms with Crippen molar-refractivity contribution in [1.82, 2.24) is 4.57 Å². The first kappa shape index (κ1) is 38.9. The molecular weight excluding hydrogens is 797 g/mol. The molecule has 0 spiro atoms. The van der Waals surface area contributed by atoms with E-state index < -0.39 is 0 Å². The summed E-state index contributed by atoms with van der Waals surface area (Å²) >= 11 is 0. The summed E-state index contributed by atoms with van der Waals surface area (Å²) in [5.74, 6) is 0. The number of benzene rings is 11. The van der Waals surface area contributed by atoms with Crippen molar-refractivity contribution in [3.05, 3.63) is 267 Å². The molecule has 0 saturated carbocycles. The monoisotopic (exact) mass is 840 g/mol. The number of hydrogen-bond acceptors (Lipinski definition) is 1. The number of hydrogen-bond donors (Lipinski definition) is 0. The summed E-state index contributed by atoms with van der Waals surface area (Å²) in [6.07, 6.45) is 0. The maximum absolute atomic E-state index is 2.37. The van der Waals surface area contributed by atoms with Crippen LogP contribution in [0.4, 0.5) is 17.1 Å². The molecule has 2 heteroatoms. The Hall–Kier alpha value is -8.72. The Kier molecular flexibility index (Phi) is 9.89. The zero-order valence-corrected chi connectivity index (χ0v) is 36.3. The highest BCUT2D eigenvalue weighted by Gasteiger charge is 2.17. The van der Waals surface area contributed by atoms with Crippen LogP contribution in [0, 0.1) is 0 Å². The highest BCUT2D eigenvalue weighted by Crippen LogP contribution is 2.41. The van der Waals surface area contributed by atoms with Crippen molar-refractivity contribution in [3.8, 4) is 61.3 Å². The Labute approximate surface area is 385 Å². The van der Waals surface area contributed by atoms with Crippen LogP contribution < -0.4 is 4.90 Å². The van der Waals surface area contributed by atoms with Crippen molar-refractivity contribution >= 4 is 49.6 Å². The van der Waals surface area contributed by atoms with E-state index in [0.29, 0.717) is 0 Å². The molecule has 0 amide bonds. The van der Waals surface area contributed by atoms with Gasteiger partial charge in [-0.1, -0.05) is 200 Å². The largest absolute Gasteiger partial charge is 0.311 e. The van der Waals surface area contributed by atoms with E-state index >= 15 is 0 Å². The lowest BCUT2D eigenvalue weighted by Gasteiger charge is -2.26. The fraction of sp³-hybridized carbons (Fsp3) is 0. The van der Waals surface area contributed by atoms with Crippen LogP contribution >= 0.6 is 0 Å². The number of nitrogens with zero attached hydrogens (tertiary/aromatic N) is 2. The highest BCUT2D eigenvalue weighted by molar-refractivity contribution is 6.09. The Morgan fingerprint density at radius 3 is 1.14 bits per heavy atom. The summed E-state index contributed by atoms with van der Waals surface area (Å²) in [4.78, 5) is 2.36. The third-order valence-corrected chi connectivity index (χ3v) is 13.0. The molecule has 0 aliphatic rings. The van der Waals surface area contributed by atoms with Crippen LogP contribution in [0.5, 0.6) is 0 Å². The first-order chi connectivity index (χ1) is 32.7. The van der Waals surface area contributed by atoms with Crippen LogP contribution in [0.2, 0.25) is 0 Å². The Morgan fingerprint density at radius 2 is 0.621 bits per heavy atom. The molecule has 0 aliphatic carbocycles. The van der Waals surface area contributed by atoms with E-state index in [4.69, 9.17) is 0 Å². The quantitative estimate of drug-likeness (QED) is 0.141. The predicted octanol–water partition coefficient (Wildman–Crippen LogP) is 17.7. The van der Waals surface area contributed by atoms with E-state index in [-0.39, 0.29) is 0 Å². The van der Waals surface area contributed by atoms with Crippen molar-refractivity contribution in [3.63, 3.8) is 0 Å². The third-order valence-electron chi connectivity index (χ3n) is 13.0. The molecule has 0 N–H and O–H groups in total. The lowest BCUT2D eigenvalue weighted by Crippen LogP contribution is -2.09. The van der Waals surface area contributed by atoms with E-state index in [2.05, 4.69) is 276 Å². The lowest BCUT2D eigenvalue weighted by molar-refractivity contribution is 1.18. The molecule has 2 nitrogen and oxygen atoms in total. The van der Waals surface area contributed by atoms with Gasteiger partial charge in [0.15, 0.2) is 0 Å². The van der Waals surface area contributed by atoms with Gasteiger partial charge in [-0.05, 0) is 133 Å². The first-order valence-corrected chi connectivity index (χ1v) is 22.7. The van der Waals surface area contributed by atoms with Crippen molar-refractivity contribution in [2.75, 3.05) is 4.90 Å². The van der Waals surface area contributed by atoms with Gasteiger partial charge in [0.25, 0.3) is 0 Å². The summed E-state index contributed by atoms with van der Waals surface area (Å²) in [7, 11) is 0. The zero-order chi connectivity index (χ0) is 43.8. The van der Waals surface area contributed by atoms with Gasteiger partial charge in [0.2, 0.25) is 0 Å². The van der Waals surface area contributed by atoms with E-state index in [1.165, 1.54) is 88.2 Å². The van der Waals surface area contributed by atoms with E-state index in [0.717, 1.165) is 22.7 Å². The second-order valence-electron chi connectivity index (χ2n) is 16.9. The average Bonchev–Trinajstić information content (AvgIpc) is 3.74. The number of para-hydroxylation sites is 2. The zero-order valence-electron chi connectivity index (χ0n) is 36.3. The molecule has 12 rings (SSSR count). The van der Waals surface area contributed by atoms with Crippen molar-refractivity contribution in [2.45, 2.75) is 0 Å². The predicted molar refractivity (Wildman–Crippen MR) is 280 cm³/mol. The van der Waals surface area contributed by atoms with Gasteiger partial charge in [0.1, 0.15) is 0 Å². The van der Waals surface area contributed by atoms with Gasteiger partial charge < -0.3 is 9.47 Å². The van der Waals surface area contributed by atoms with Gasteiger partial charge in [-0.2, -0.15) is 0 Å². The smallest absolute Gasteiger partial charge is 0.0541 e. The summed E-state index contributed by atoms with van der Waals surface area (Å²) in [6, 6.07) is 96.7. The third kappa shape index (κ3) is 7.12. The van der Waals surface area contributed by atoms with Crippen LogP contribution in [0.1, 0.15) is 0 Å².